The summed E-state index contributed by atoms with van der Waals surface area (Å²) in [6, 6.07) is 0. The van der Waals surface area contributed by atoms with Gasteiger partial charge < -0.3 is 0 Å². The third-order valence-electron chi connectivity index (χ3n) is 0.922. The van der Waals surface area contributed by atoms with Crippen LogP contribution >= 0.6 is 38.4 Å². The van der Waals surface area contributed by atoms with Crippen LogP contribution < -0.4 is 0 Å². The van der Waals surface area contributed by atoms with E-state index in [0.717, 1.165) is 9.21 Å². The van der Waals surface area contributed by atoms with Gasteiger partial charge in [-0.05, 0) is 13.8 Å². The van der Waals surface area contributed by atoms with Crippen molar-refractivity contribution in [2.24, 2.45) is 0 Å². The molecule has 0 aromatic heterocycles. The standard InChI is InChI=1S/C5H13IO4PS/c1-3-8-11(7,9-4-2)5-10-12-6/h7H,3-5H2,1-2H3/q+1. The summed E-state index contributed by atoms with van der Waals surface area (Å²) in [6.45, 7) is 4.47. The third-order valence-corrected chi connectivity index (χ3v) is 3.85. The molecule has 4 nitrogen and oxygen atoms in total. The molecule has 0 aromatic carbocycles. The van der Waals surface area contributed by atoms with Crippen molar-refractivity contribution in [2.75, 3.05) is 19.6 Å². The second kappa shape index (κ2) is 7.73. The summed E-state index contributed by atoms with van der Waals surface area (Å²) in [7, 11) is -1.58. The van der Waals surface area contributed by atoms with Crippen molar-refractivity contribution in [2.45, 2.75) is 13.8 Å². The van der Waals surface area contributed by atoms with Crippen molar-refractivity contribution < 1.29 is 18.1 Å². The molecule has 0 amide bonds. The van der Waals surface area contributed by atoms with E-state index in [9.17, 15) is 4.89 Å². The molecule has 0 aromatic rings. The Bertz CT molecular complexity index is 112. The predicted molar refractivity (Wildman–Crippen MR) is 60.0 cm³/mol. The SMILES string of the molecule is CCO[P+](O)(COSI)OCC. The molecule has 12 heavy (non-hydrogen) atoms. The maximum Gasteiger partial charge on any atom is 0.437 e. The summed E-state index contributed by atoms with van der Waals surface area (Å²) in [5, 5.41) is 0. The summed E-state index contributed by atoms with van der Waals surface area (Å²) in [5.74, 6) is 0. The summed E-state index contributed by atoms with van der Waals surface area (Å²) in [5.41, 5.74) is 0. The van der Waals surface area contributed by atoms with Crippen molar-refractivity contribution in [1.82, 2.24) is 0 Å². The van der Waals surface area contributed by atoms with E-state index in [4.69, 9.17) is 13.2 Å². The molecule has 0 spiro atoms. The quantitative estimate of drug-likeness (QED) is 0.443. The highest BCUT2D eigenvalue weighted by molar-refractivity contribution is 14.2. The summed E-state index contributed by atoms with van der Waals surface area (Å²) >= 11 is 1.97. The molecule has 0 heterocycles. The highest BCUT2D eigenvalue weighted by atomic mass is 127. The molecule has 7 heteroatoms. The maximum absolute atomic E-state index is 9.67. The van der Waals surface area contributed by atoms with Gasteiger partial charge in [0.15, 0.2) is 0 Å². The summed E-state index contributed by atoms with van der Waals surface area (Å²) in [6.07, 6.45) is 0.113. The van der Waals surface area contributed by atoms with Gasteiger partial charge in [0.25, 0.3) is 6.35 Å². The molecule has 0 aliphatic carbocycles. The van der Waals surface area contributed by atoms with Gasteiger partial charge in [-0.15, -0.1) is 0 Å². The number of rotatable bonds is 7. The Labute approximate surface area is 89.7 Å². The smallest absolute Gasteiger partial charge is 0.258 e. The lowest BCUT2D eigenvalue weighted by molar-refractivity contribution is 0.172. The van der Waals surface area contributed by atoms with E-state index >= 15 is 0 Å². The summed E-state index contributed by atoms with van der Waals surface area (Å²) < 4.78 is 15.1. The molecular weight excluding hydrogens is 314 g/mol. The third kappa shape index (κ3) is 5.90. The van der Waals surface area contributed by atoms with Gasteiger partial charge in [-0.1, -0.05) is 0 Å². The fourth-order valence-corrected chi connectivity index (χ4v) is 3.35. The lowest BCUT2D eigenvalue weighted by Gasteiger charge is -2.13. The van der Waals surface area contributed by atoms with Crippen LogP contribution in [0.4, 0.5) is 0 Å². The molecular formula is C5H13IO4PS+. The Hall–Kier alpha value is 1.35. The maximum atomic E-state index is 9.67. The molecule has 0 rings (SSSR count). The minimum Gasteiger partial charge on any atom is -0.258 e. The van der Waals surface area contributed by atoms with Crippen LogP contribution in [0.1, 0.15) is 13.8 Å². The van der Waals surface area contributed by atoms with Gasteiger partial charge in [-0.3, -0.25) is 4.18 Å². The fourth-order valence-electron chi connectivity index (χ4n) is 0.602. The molecule has 0 fully saturated rings. The average Bonchev–Trinajstić information content (AvgIpc) is 2.02. The zero-order valence-electron chi connectivity index (χ0n) is 7.03. The molecule has 0 atom stereocenters. The van der Waals surface area contributed by atoms with E-state index in [0.29, 0.717) is 13.2 Å². The summed E-state index contributed by atoms with van der Waals surface area (Å²) in [4.78, 5) is 9.67. The Balaban J connectivity index is 3.80. The predicted octanol–water partition coefficient (Wildman–Crippen LogP) is 2.79. The Kier molecular flexibility index (Phi) is 8.60. The van der Waals surface area contributed by atoms with Crippen molar-refractivity contribution in [3.8, 4) is 0 Å². The molecule has 0 aliphatic rings. The van der Waals surface area contributed by atoms with Crippen molar-refractivity contribution in [1.29, 1.82) is 0 Å². The van der Waals surface area contributed by atoms with E-state index in [-0.39, 0.29) is 6.35 Å². The van der Waals surface area contributed by atoms with E-state index < -0.39 is 7.94 Å². The highest BCUT2D eigenvalue weighted by Crippen LogP contribution is 2.57. The largest absolute Gasteiger partial charge is 0.437 e. The topological polar surface area (TPSA) is 47.9 Å². The van der Waals surface area contributed by atoms with Crippen LogP contribution in [0.15, 0.2) is 0 Å². The zero-order chi connectivity index (χ0) is 9.45. The number of hydrogen-bond acceptors (Lipinski definition) is 5. The molecule has 1 N–H and O–H groups in total. The Morgan fingerprint density at radius 2 is 1.83 bits per heavy atom. The molecule has 0 bridgehead atoms. The Morgan fingerprint density at radius 3 is 2.17 bits per heavy atom. The first kappa shape index (κ1) is 13.4. The highest BCUT2D eigenvalue weighted by Gasteiger charge is 2.40. The van der Waals surface area contributed by atoms with E-state index in [1.54, 1.807) is 13.8 Å². The van der Waals surface area contributed by atoms with Gasteiger partial charge in [0.1, 0.15) is 0 Å². The molecule has 0 saturated carbocycles. The zero-order valence-corrected chi connectivity index (χ0v) is 10.9. The number of halogens is 1. The Morgan fingerprint density at radius 1 is 1.33 bits per heavy atom. The van der Waals surface area contributed by atoms with E-state index in [1.165, 1.54) is 0 Å². The van der Waals surface area contributed by atoms with Gasteiger partial charge in [-0.25, -0.2) is 0 Å². The molecule has 0 unspecified atom stereocenters. The minimum absolute atomic E-state index is 0.113. The molecule has 0 radical (unpaired) electrons. The first-order valence-electron chi connectivity index (χ1n) is 3.48. The average molecular weight is 327 g/mol. The first-order valence-corrected chi connectivity index (χ1v) is 8.53. The van der Waals surface area contributed by atoms with Crippen LogP contribution in [0.3, 0.4) is 0 Å². The van der Waals surface area contributed by atoms with Gasteiger partial charge >= 0.3 is 7.94 Å². The fraction of sp³-hybridized carbons (Fsp3) is 1.00. The molecule has 74 valence electrons. The van der Waals surface area contributed by atoms with Gasteiger partial charge in [0, 0.05) is 21.2 Å². The molecule has 0 aliphatic heterocycles. The van der Waals surface area contributed by atoms with Crippen LogP contribution in [0.5, 0.6) is 0 Å². The second-order valence-corrected chi connectivity index (χ2v) is 5.27. The van der Waals surface area contributed by atoms with Gasteiger partial charge in [0.05, 0.1) is 22.4 Å². The normalized spacial score (nSPS) is 12.0. The van der Waals surface area contributed by atoms with E-state index in [2.05, 4.69) is 0 Å². The monoisotopic (exact) mass is 327 g/mol. The van der Waals surface area contributed by atoms with Crippen LogP contribution in [-0.4, -0.2) is 24.5 Å². The van der Waals surface area contributed by atoms with Gasteiger partial charge in [-0.2, -0.15) is 13.9 Å². The van der Waals surface area contributed by atoms with Crippen molar-refractivity contribution >= 4 is 38.4 Å². The minimum atomic E-state index is -2.73. The van der Waals surface area contributed by atoms with Crippen LogP contribution in [-0.2, 0) is 13.2 Å². The van der Waals surface area contributed by atoms with Crippen LogP contribution in [0.2, 0.25) is 0 Å². The van der Waals surface area contributed by atoms with Crippen molar-refractivity contribution in [3.05, 3.63) is 0 Å². The lowest BCUT2D eigenvalue weighted by atomic mass is 10.9. The lowest BCUT2D eigenvalue weighted by Crippen LogP contribution is -2.07. The molecule has 0 saturated heterocycles. The number of hydrogen-bond donors (Lipinski definition) is 1. The second-order valence-electron chi connectivity index (χ2n) is 1.78. The van der Waals surface area contributed by atoms with Gasteiger partial charge in [0.2, 0.25) is 0 Å². The van der Waals surface area contributed by atoms with Crippen LogP contribution in [0, 0.1) is 0 Å². The van der Waals surface area contributed by atoms with E-state index in [1.807, 2.05) is 21.2 Å². The van der Waals surface area contributed by atoms with Crippen LogP contribution in [0.25, 0.3) is 0 Å². The first-order chi connectivity index (χ1) is 5.68. The van der Waals surface area contributed by atoms with Crippen molar-refractivity contribution in [3.63, 3.8) is 0 Å².